The van der Waals surface area contributed by atoms with E-state index in [0.717, 1.165) is 5.56 Å². The molecule has 3 aromatic carbocycles. The van der Waals surface area contributed by atoms with Gasteiger partial charge in [0.25, 0.3) is 15.9 Å². The van der Waals surface area contributed by atoms with Crippen molar-refractivity contribution in [1.29, 1.82) is 0 Å². The number of halogens is 1. The van der Waals surface area contributed by atoms with Gasteiger partial charge in [0.15, 0.2) is 0 Å². The number of carbonyl (C=O) groups excluding carboxylic acids is 1. The summed E-state index contributed by atoms with van der Waals surface area (Å²) in [6.07, 6.45) is 0.677. The van der Waals surface area contributed by atoms with Crippen molar-refractivity contribution in [2.45, 2.75) is 11.3 Å². The van der Waals surface area contributed by atoms with Crippen LogP contribution in [0.25, 0.3) is 0 Å². The molecule has 144 valence electrons. The van der Waals surface area contributed by atoms with Crippen LogP contribution in [0.2, 0.25) is 5.02 Å². The molecule has 2 N–H and O–H groups in total. The summed E-state index contributed by atoms with van der Waals surface area (Å²) in [4.78, 5) is 12.3. The lowest BCUT2D eigenvalue weighted by Gasteiger charge is -2.09. The van der Waals surface area contributed by atoms with Crippen LogP contribution in [0.1, 0.15) is 15.9 Å². The van der Waals surface area contributed by atoms with E-state index in [4.69, 9.17) is 11.6 Å². The third-order valence-corrected chi connectivity index (χ3v) is 5.71. The predicted molar refractivity (Wildman–Crippen MR) is 111 cm³/mol. The number of benzene rings is 3. The molecule has 28 heavy (non-hydrogen) atoms. The lowest BCUT2D eigenvalue weighted by atomic mass is 10.1. The Morgan fingerprint density at radius 1 is 0.857 bits per heavy atom. The molecular weight excluding hydrogens is 396 g/mol. The molecule has 0 aliphatic rings. The fourth-order valence-electron chi connectivity index (χ4n) is 2.58. The number of anilines is 1. The topological polar surface area (TPSA) is 75.3 Å². The van der Waals surface area contributed by atoms with Crippen LogP contribution < -0.4 is 10.0 Å². The summed E-state index contributed by atoms with van der Waals surface area (Å²) >= 11 is 5.85. The van der Waals surface area contributed by atoms with Gasteiger partial charge in [0.05, 0.1) is 4.90 Å². The van der Waals surface area contributed by atoms with Crippen molar-refractivity contribution in [2.24, 2.45) is 0 Å². The summed E-state index contributed by atoms with van der Waals surface area (Å²) in [5, 5.41) is 3.49. The van der Waals surface area contributed by atoms with Gasteiger partial charge < -0.3 is 5.32 Å². The van der Waals surface area contributed by atoms with Gasteiger partial charge in [-0.15, -0.1) is 0 Å². The minimum atomic E-state index is -3.70. The molecule has 0 saturated carbocycles. The zero-order valence-electron chi connectivity index (χ0n) is 14.9. The highest BCUT2D eigenvalue weighted by molar-refractivity contribution is 7.92. The first kappa shape index (κ1) is 19.9. The highest BCUT2D eigenvalue weighted by atomic mass is 35.5. The van der Waals surface area contributed by atoms with Gasteiger partial charge in [0.1, 0.15) is 0 Å². The lowest BCUT2D eigenvalue weighted by molar-refractivity contribution is 0.0954. The number of hydrogen-bond acceptors (Lipinski definition) is 3. The summed E-state index contributed by atoms with van der Waals surface area (Å²) < 4.78 is 27.3. The number of amides is 1. The van der Waals surface area contributed by atoms with Gasteiger partial charge in [-0.2, -0.15) is 0 Å². The Kier molecular flexibility index (Phi) is 6.34. The molecule has 0 spiro atoms. The first-order chi connectivity index (χ1) is 13.4. The summed E-state index contributed by atoms with van der Waals surface area (Å²) in [6.45, 7) is 0.468. The van der Waals surface area contributed by atoms with Crippen LogP contribution in [0.4, 0.5) is 5.69 Å². The summed E-state index contributed by atoms with van der Waals surface area (Å²) in [5.41, 5.74) is 1.94. The standard InChI is InChI=1S/C21H19ClN2O3S/c22-18-10-6-16(7-11-18)14-15-23-21(25)17-8-12-20(13-9-17)28(26,27)24-19-4-2-1-3-5-19/h1-13,24H,14-15H2,(H,23,25). The zero-order valence-corrected chi connectivity index (χ0v) is 16.5. The molecule has 0 heterocycles. The van der Waals surface area contributed by atoms with E-state index in [-0.39, 0.29) is 10.8 Å². The van der Waals surface area contributed by atoms with Gasteiger partial charge >= 0.3 is 0 Å². The van der Waals surface area contributed by atoms with Crippen LogP contribution >= 0.6 is 11.6 Å². The molecule has 0 atom stereocenters. The summed E-state index contributed by atoms with van der Waals surface area (Å²) in [7, 11) is -3.70. The third-order valence-electron chi connectivity index (χ3n) is 4.07. The Morgan fingerprint density at radius 3 is 2.14 bits per heavy atom. The van der Waals surface area contributed by atoms with Crippen molar-refractivity contribution in [1.82, 2.24) is 5.32 Å². The molecular formula is C21H19ClN2O3S. The monoisotopic (exact) mass is 414 g/mol. The molecule has 0 aromatic heterocycles. The van der Waals surface area contributed by atoms with Crippen LogP contribution in [0.5, 0.6) is 0 Å². The van der Waals surface area contributed by atoms with Crippen LogP contribution in [0.15, 0.2) is 83.8 Å². The van der Waals surface area contributed by atoms with Crippen LogP contribution in [-0.2, 0) is 16.4 Å². The van der Waals surface area contributed by atoms with E-state index in [0.29, 0.717) is 29.2 Å². The SMILES string of the molecule is O=C(NCCc1ccc(Cl)cc1)c1ccc(S(=O)(=O)Nc2ccccc2)cc1. The summed E-state index contributed by atoms with van der Waals surface area (Å²) in [6, 6.07) is 21.9. The fourth-order valence-corrected chi connectivity index (χ4v) is 3.76. The first-order valence-electron chi connectivity index (χ1n) is 8.65. The van der Waals surface area contributed by atoms with Crippen molar-refractivity contribution in [3.63, 3.8) is 0 Å². The second-order valence-corrected chi connectivity index (χ2v) is 8.25. The Bertz CT molecular complexity index is 1040. The van der Waals surface area contributed by atoms with Gasteiger partial charge in [0, 0.05) is 22.8 Å². The molecule has 0 saturated heterocycles. The van der Waals surface area contributed by atoms with Crippen molar-refractivity contribution >= 4 is 33.2 Å². The average Bonchev–Trinajstić information content (AvgIpc) is 2.70. The van der Waals surface area contributed by atoms with E-state index < -0.39 is 10.0 Å². The molecule has 1 amide bonds. The van der Waals surface area contributed by atoms with E-state index in [1.807, 2.05) is 12.1 Å². The van der Waals surface area contributed by atoms with E-state index in [1.165, 1.54) is 24.3 Å². The average molecular weight is 415 g/mol. The molecule has 0 radical (unpaired) electrons. The van der Waals surface area contributed by atoms with Gasteiger partial charge in [-0.05, 0) is 60.5 Å². The maximum atomic E-state index is 12.4. The molecule has 0 aliphatic carbocycles. The smallest absolute Gasteiger partial charge is 0.261 e. The van der Waals surface area contributed by atoms with Gasteiger partial charge in [-0.1, -0.05) is 41.9 Å². The minimum absolute atomic E-state index is 0.0917. The van der Waals surface area contributed by atoms with Crippen LogP contribution in [-0.4, -0.2) is 20.9 Å². The maximum absolute atomic E-state index is 12.4. The number of nitrogens with one attached hydrogen (secondary N) is 2. The third kappa shape index (κ3) is 5.34. The van der Waals surface area contributed by atoms with E-state index >= 15 is 0 Å². The molecule has 0 aliphatic heterocycles. The van der Waals surface area contributed by atoms with Crippen molar-refractivity contribution in [2.75, 3.05) is 11.3 Å². The first-order valence-corrected chi connectivity index (χ1v) is 10.5. The molecule has 5 nitrogen and oxygen atoms in total. The van der Waals surface area contributed by atoms with Gasteiger partial charge in [-0.3, -0.25) is 9.52 Å². The molecule has 0 bridgehead atoms. The minimum Gasteiger partial charge on any atom is -0.352 e. The largest absolute Gasteiger partial charge is 0.352 e. The second kappa shape index (κ2) is 8.91. The Balaban J connectivity index is 1.58. The number of rotatable bonds is 7. The van der Waals surface area contributed by atoms with E-state index in [1.54, 1.807) is 42.5 Å². The number of hydrogen-bond donors (Lipinski definition) is 2. The van der Waals surface area contributed by atoms with E-state index in [9.17, 15) is 13.2 Å². The quantitative estimate of drug-likeness (QED) is 0.610. The highest BCUT2D eigenvalue weighted by Gasteiger charge is 2.15. The normalized spacial score (nSPS) is 11.0. The Hall–Kier alpha value is -2.83. The van der Waals surface area contributed by atoms with Crippen molar-refractivity contribution < 1.29 is 13.2 Å². The van der Waals surface area contributed by atoms with Gasteiger partial charge in [0.2, 0.25) is 0 Å². The number of carbonyl (C=O) groups is 1. The van der Waals surface area contributed by atoms with Crippen LogP contribution in [0, 0.1) is 0 Å². The Morgan fingerprint density at radius 2 is 1.50 bits per heavy atom. The lowest BCUT2D eigenvalue weighted by Crippen LogP contribution is -2.25. The summed E-state index contributed by atoms with van der Waals surface area (Å²) in [5.74, 6) is -0.256. The second-order valence-electron chi connectivity index (χ2n) is 6.13. The van der Waals surface area contributed by atoms with Crippen molar-refractivity contribution in [3.8, 4) is 0 Å². The molecule has 3 rings (SSSR count). The van der Waals surface area contributed by atoms with Gasteiger partial charge in [-0.25, -0.2) is 8.42 Å². The maximum Gasteiger partial charge on any atom is 0.261 e. The predicted octanol–water partition coefficient (Wildman–Crippen LogP) is 4.11. The number of sulfonamides is 1. The Labute approximate surface area is 169 Å². The van der Waals surface area contributed by atoms with E-state index in [2.05, 4.69) is 10.0 Å². The number of para-hydroxylation sites is 1. The fraction of sp³-hybridized carbons (Fsp3) is 0.0952. The van der Waals surface area contributed by atoms with Crippen molar-refractivity contribution in [3.05, 3.63) is 95.0 Å². The molecule has 0 fully saturated rings. The zero-order chi connectivity index (χ0) is 20.0. The molecule has 7 heteroatoms. The molecule has 3 aromatic rings. The molecule has 0 unspecified atom stereocenters. The highest BCUT2D eigenvalue weighted by Crippen LogP contribution is 2.16. The van der Waals surface area contributed by atoms with Crippen LogP contribution in [0.3, 0.4) is 0 Å².